The van der Waals surface area contributed by atoms with Crippen LogP contribution in [0.4, 0.5) is 4.39 Å². The smallest absolute Gasteiger partial charge is 0.129 e. The van der Waals surface area contributed by atoms with Crippen LogP contribution in [0, 0.1) is 5.82 Å². The fourth-order valence-corrected chi connectivity index (χ4v) is 2.82. The van der Waals surface area contributed by atoms with Crippen LogP contribution in [0.2, 0.25) is 5.02 Å². The van der Waals surface area contributed by atoms with Crippen molar-refractivity contribution >= 4 is 11.6 Å². The van der Waals surface area contributed by atoms with Crippen LogP contribution in [-0.2, 0) is 6.54 Å². The summed E-state index contributed by atoms with van der Waals surface area (Å²) >= 11 is 6.14. The van der Waals surface area contributed by atoms with Crippen molar-refractivity contribution in [3.05, 3.63) is 34.6 Å². The monoisotopic (exact) mass is 284 g/mol. The second kappa shape index (κ2) is 5.78. The molecule has 2 nitrogen and oxygen atoms in total. The molecular weight excluding hydrogens is 263 g/mol. The topological polar surface area (TPSA) is 15.3 Å². The number of halogens is 2. The van der Waals surface area contributed by atoms with E-state index in [0.717, 1.165) is 19.5 Å². The fraction of sp³-hybridized carbons (Fsp3) is 0.600. The molecule has 0 bridgehead atoms. The molecule has 1 fully saturated rings. The van der Waals surface area contributed by atoms with Crippen LogP contribution < -0.4 is 5.32 Å². The highest BCUT2D eigenvalue weighted by molar-refractivity contribution is 6.31. The zero-order chi connectivity index (χ0) is 14.0. The van der Waals surface area contributed by atoms with Crippen molar-refractivity contribution in [1.29, 1.82) is 0 Å². The Hall–Kier alpha value is -0.640. The molecule has 1 N–H and O–H groups in total. The van der Waals surface area contributed by atoms with E-state index in [0.29, 0.717) is 23.2 Å². The molecule has 1 heterocycles. The van der Waals surface area contributed by atoms with Gasteiger partial charge in [-0.25, -0.2) is 4.39 Å². The number of rotatable bonds is 3. The molecule has 2 rings (SSSR count). The van der Waals surface area contributed by atoms with Gasteiger partial charge in [-0.3, -0.25) is 4.90 Å². The Bertz CT molecular complexity index is 432. The summed E-state index contributed by atoms with van der Waals surface area (Å²) in [7, 11) is 0. The largest absolute Gasteiger partial charge is 0.311 e. The maximum Gasteiger partial charge on any atom is 0.129 e. The average molecular weight is 285 g/mol. The highest BCUT2D eigenvalue weighted by atomic mass is 35.5. The first-order valence-corrected chi connectivity index (χ1v) is 7.25. The van der Waals surface area contributed by atoms with Crippen LogP contribution in [0.25, 0.3) is 0 Å². The number of piperazine rings is 1. The normalized spacial score (nSPS) is 28.6. The molecule has 1 aromatic carbocycles. The van der Waals surface area contributed by atoms with E-state index in [1.807, 2.05) is 0 Å². The van der Waals surface area contributed by atoms with E-state index >= 15 is 0 Å². The van der Waals surface area contributed by atoms with Crippen molar-refractivity contribution in [2.75, 3.05) is 13.1 Å². The predicted octanol–water partition coefficient (Wildman–Crippen LogP) is 3.44. The number of nitrogens with one attached hydrogen (secondary N) is 1. The minimum Gasteiger partial charge on any atom is -0.311 e. The van der Waals surface area contributed by atoms with Gasteiger partial charge in [0.15, 0.2) is 0 Å². The second-order valence-electron chi connectivity index (χ2n) is 5.71. The van der Waals surface area contributed by atoms with Gasteiger partial charge in [0.1, 0.15) is 5.82 Å². The molecule has 19 heavy (non-hydrogen) atoms. The van der Waals surface area contributed by atoms with Crippen molar-refractivity contribution in [2.24, 2.45) is 0 Å². The van der Waals surface area contributed by atoms with Gasteiger partial charge in [0.25, 0.3) is 0 Å². The lowest BCUT2D eigenvalue weighted by molar-refractivity contribution is 0.0444. The molecular formula is C15H22ClFN2. The summed E-state index contributed by atoms with van der Waals surface area (Å²) in [5.41, 5.74) is 0.663. The maximum absolute atomic E-state index is 13.9. The van der Waals surface area contributed by atoms with Crippen LogP contribution in [0.5, 0.6) is 0 Å². The van der Waals surface area contributed by atoms with Crippen molar-refractivity contribution < 1.29 is 4.39 Å². The van der Waals surface area contributed by atoms with Crippen molar-refractivity contribution in [3.8, 4) is 0 Å². The molecule has 0 radical (unpaired) electrons. The Balaban J connectivity index is 2.24. The molecule has 1 aromatic rings. The second-order valence-corrected chi connectivity index (χ2v) is 6.12. The lowest BCUT2D eigenvalue weighted by Crippen LogP contribution is -2.61. The molecule has 0 saturated carbocycles. The zero-order valence-corrected chi connectivity index (χ0v) is 12.6. The summed E-state index contributed by atoms with van der Waals surface area (Å²) < 4.78 is 13.9. The summed E-state index contributed by atoms with van der Waals surface area (Å²) in [4.78, 5) is 2.35. The van der Waals surface area contributed by atoms with Crippen molar-refractivity contribution in [3.63, 3.8) is 0 Å². The standard InChI is InChI=1S/C15H22ClFN2/c1-4-15(3)10-18-11(2)8-19(15)9-12-13(16)6-5-7-14(12)17/h5-7,11,18H,4,8-10H2,1-3H3. The average Bonchev–Trinajstić information content (AvgIpc) is 2.38. The van der Waals surface area contributed by atoms with Gasteiger partial charge in [0.05, 0.1) is 0 Å². The summed E-state index contributed by atoms with van der Waals surface area (Å²) in [6, 6.07) is 5.32. The van der Waals surface area contributed by atoms with Gasteiger partial charge in [-0.2, -0.15) is 0 Å². The Morgan fingerprint density at radius 2 is 2.26 bits per heavy atom. The summed E-state index contributed by atoms with van der Waals surface area (Å²) in [6.45, 7) is 8.97. The fourth-order valence-electron chi connectivity index (χ4n) is 2.60. The van der Waals surface area contributed by atoms with Gasteiger partial charge in [-0.05, 0) is 32.4 Å². The SMILES string of the molecule is CCC1(C)CNC(C)CN1Cc1c(F)cccc1Cl. The molecule has 1 aliphatic rings. The van der Waals surface area contributed by atoms with Crippen molar-refractivity contribution in [2.45, 2.75) is 45.3 Å². The number of hydrogen-bond donors (Lipinski definition) is 1. The van der Waals surface area contributed by atoms with E-state index in [2.05, 4.69) is 31.0 Å². The first-order valence-electron chi connectivity index (χ1n) is 6.87. The Kier molecular flexibility index (Phi) is 4.49. The summed E-state index contributed by atoms with van der Waals surface area (Å²) in [5.74, 6) is -0.211. The van der Waals surface area contributed by atoms with E-state index in [-0.39, 0.29) is 11.4 Å². The molecule has 4 heteroatoms. The van der Waals surface area contributed by atoms with E-state index < -0.39 is 0 Å². The molecule has 2 atom stereocenters. The summed E-state index contributed by atoms with van der Waals surface area (Å²) in [5, 5.41) is 4.02. The van der Waals surface area contributed by atoms with E-state index in [9.17, 15) is 4.39 Å². The van der Waals surface area contributed by atoms with Crippen LogP contribution in [0.3, 0.4) is 0 Å². The van der Waals surface area contributed by atoms with Gasteiger partial charge in [0, 0.05) is 41.8 Å². The highest BCUT2D eigenvalue weighted by Gasteiger charge is 2.35. The molecule has 0 aromatic heterocycles. The lowest BCUT2D eigenvalue weighted by Gasteiger charge is -2.47. The maximum atomic E-state index is 13.9. The molecule has 1 saturated heterocycles. The first-order chi connectivity index (χ1) is 8.96. The van der Waals surface area contributed by atoms with Crippen LogP contribution in [0.1, 0.15) is 32.8 Å². The van der Waals surface area contributed by atoms with E-state index in [1.54, 1.807) is 12.1 Å². The third kappa shape index (κ3) is 3.10. The molecule has 0 spiro atoms. The predicted molar refractivity (Wildman–Crippen MR) is 78.0 cm³/mol. The number of hydrogen-bond acceptors (Lipinski definition) is 2. The third-order valence-electron chi connectivity index (χ3n) is 4.26. The Morgan fingerprint density at radius 3 is 2.89 bits per heavy atom. The van der Waals surface area contributed by atoms with E-state index in [4.69, 9.17) is 11.6 Å². The zero-order valence-electron chi connectivity index (χ0n) is 11.8. The highest BCUT2D eigenvalue weighted by Crippen LogP contribution is 2.28. The van der Waals surface area contributed by atoms with Gasteiger partial charge < -0.3 is 5.32 Å². The van der Waals surface area contributed by atoms with Crippen LogP contribution in [0.15, 0.2) is 18.2 Å². The molecule has 1 aliphatic heterocycles. The van der Waals surface area contributed by atoms with Gasteiger partial charge in [0.2, 0.25) is 0 Å². The quantitative estimate of drug-likeness (QED) is 0.915. The van der Waals surface area contributed by atoms with Gasteiger partial charge in [-0.1, -0.05) is 24.6 Å². The Labute approximate surface area is 119 Å². The van der Waals surface area contributed by atoms with Crippen LogP contribution in [-0.4, -0.2) is 29.6 Å². The molecule has 106 valence electrons. The minimum absolute atomic E-state index is 0.0537. The van der Waals surface area contributed by atoms with Crippen molar-refractivity contribution in [1.82, 2.24) is 10.2 Å². The van der Waals surface area contributed by atoms with Crippen LogP contribution >= 0.6 is 11.6 Å². The molecule has 0 aliphatic carbocycles. The lowest BCUT2D eigenvalue weighted by atomic mass is 9.91. The summed E-state index contributed by atoms with van der Waals surface area (Å²) in [6.07, 6.45) is 1.03. The number of nitrogens with zero attached hydrogens (tertiary/aromatic N) is 1. The van der Waals surface area contributed by atoms with Gasteiger partial charge >= 0.3 is 0 Å². The van der Waals surface area contributed by atoms with E-state index in [1.165, 1.54) is 6.07 Å². The molecule has 0 amide bonds. The molecule has 2 unspecified atom stereocenters. The first kappa shape index (κ1) is 14.8. The number of benzene rings is 1. The minimum atomic E-state index is -0.211. The Morgan fingerprint density at radius 1 is 1.53 bits per heavy atom. The van der Waals surface area contributed by atoms with Gasteiger partial charge in [-0.15, -0.1) is 0 Å². The third-order valence-corrected chi connectivity index (χ3v) is 4.62.